The molecule has 0 atom stereocenters. The van der Waals surface area contributed by atoms with E-state index in [-0.39, 0.29) is 0 Å². The van der Waals surface area contributed by atoms with Crippen molar-refractivity contribution in [1.82, 2.24) is 10.2 Å². The van der Waals surface area contributed by atoms with Crippen LogP contribution in [0.4, 0.5) is 5.82 Å². The predicted octanol–water partition coefficient (Wildman–Crippen LogP) is 1.25. The van der Waals surface area contributed by atoms with Crippen molar-refractivity contribution in [2.75, 3.05) is 12.4 Å². The first kappa shape index (κ1) is 8.64. The van der Waals surface area contributed by atoms with Gasteiger partial charge in [0.25, 0.3) is 0 Å². The maximum atomic E-state index is 3.95. The number of aromatic nitrogens is 2. The molecule has 1 heterocycles. The largest absolute Gasteiger partial charge is 0.328 e. The average molecular weight is 164 g/mol. The SMILES string of the molecule is CN=C(C)Nc1cc(C)cnn1. The van der Waals surface area contributed by atoms with Crippen LogP contribution < -0.4 is 5.32 Å². The minimum absolute atomic E-state index is 0.734. The number of aryl methyl sites for hydroxylation is 1. The van der Waals surface area contributed by atoms with Gasteiger partial charge in [-0.2, -0.15) is 5.10 Å². The molecule has 0 radical (unpaired) electrons. The predicted molar refractivity (Wildman–Crippen MR) is 49.4 cm³/mol. The van der Waals surface area contributed by atoms with Gasteiger partial charge in [-0.1, -0.05) is 0 Å². The lowest BCUT2D eigenvalue weighted by Gasteiger charge is -2.02. The molecule has 4 heteroatoms. The number of amidine groups is 1. The summed E-state index contributed by atoms with van der Waals surface area (Å²) in [5.74, 6) is 1.56. The van der Waals surface area contributed by atoms with Gasteiger partial charge in [0.1, 0.15) is 0 Å². The molecule has 1 rings (SSSR count). The van der Waals surface area contributed by atoms with Gasteiger partial charge in [-0.3, -0.25) is 4.99 Å². The molecule has 0 unspecified atom stereocenters. The standard InChI is InChI=1S/C8H12N4/c1-6-4-8(12-10-5-6)11-7(2)9-3/h4-5H,1-3H3,(H,9,11,12). The third-order valence-corrected chi connectivity index (χ3v) is 1.44. The molecule has 0 aliphatic heterocycles. The molecule has 0 bridgehead atoms. The maximum absolute atomic E-state index is 3.95. The Kier molecular flexibility index (Phi) is 2.74. The highest BCUT2D eigenvalue weighted by Crippen LogP contribution is 2.02. The van der Waals surface area contributed by atoms with Crippen LogP contribution in [0.5, 0.6) is 0 Å². The van der Waals surface area contributed by atoms with E-state index in [0.717, 1.165) is 17.2 Å². The molecule has 0 aromatic carbocycles. The first-order valence-corrected chi connectivity index (χ1v) is 3.72. The van der Waals surface area contributed by atoms with E-state index in [9.17, 15) is 0 Å². The zero-order valence-corrected chi connectivity index (χ0v) is 7.50. The van der Waals surface area contributed by atoms with Crippen LogP contribution >= 0.6 is 0 Å². The molecule has 4 nitrogen and oxygen atoms in total. The molecule has 0 fully saturated rings. The van der Waals surface area contributed by atoms with Crippen LogP contribution in [-0.2, 0) is 0 Å². The zero-order valence-electron chi connectivity index (χ0n) is 7.50. The Morgan fingerprint density at radius 2 is 2.33 bits per heavy atom. The highest BCUT2D eigenvalue weighted by Gasteiger charge is 1.94. The van der Waals surface area contributed by atoms with Gasteiger partial charge in [-0.05, 0) is 25.5 Å². The molecule has 0 saturated heterocycles. The van der Waals surface area contributed by atoms with E-state index in [2.05, 4.69) is 20.5 Å². The Morgan fingerprint density at radius 3 is 2.92 bits per heavy atom. The third kappa shape index (κ3) is 2.30. The first-order chi connectivity index (χ1) is 5.72. The van der Waals surface area contributed by atoms with Gasteiger partial charge < -0.3 is 5.32 Å². The summed E-state index contributed by atoms with van der Waals surface area (Å²) in [5, 5.41) is 10.7. The molecule has 0 amide bonds. The number of anilines is 1. The maximum Gasteiger partial charge on any atom is 0.154 e. The molecule has 0 saturated carbocycles. The van der Waals surface area contributed by atoms with Crippen molar-refractivity contribution in [1.29, 1.82) is 0 Å². The van der Waals surface area contributed by atoms with Crippen LogP contribution in [0.2, 0.25) is 0 Å². The highest BCUT2D eigenvalue weighted by molar-refractivity contribution is 5.92. The van der Waals surface area contributed by atoms with E-state index >= 15 is 0 Å². The van der Waals surface area contributed by atoms with Crippen molar-refractivity contribution in [3.8, 4) is 0 Å². The summed E-state index contributed by atoms with van der Waals surface area (Å²) in [6.45, 7) is 3.85. The van der Waals surface area contributed by atoms with Gasteiger partial charge in [0.05, 0.1) is 12.0 Å². The van der Waals surface area contributed by atoms with Crippen LogP contribution in [0.25, 0.3) is 0 Å². The quantitative estimate of drug-likeness (QED) is 0.502. The Morgan fingerprint density at radius 1 is 1.58 bits per heavy atom. The third-order valence-electron chi connectivity index (χ3n) is 1.44. The highest BCUT2D eigenvalue weighted by atomic mass is 15.2. The molecule has 12 heavy (non-hydrogen) atoms. The molecule has 64 valence electrons. The average Bonchev–Trinajstić information content (AvgIpc) is 2.04. The fraction of sp³-hybridized carbons (Fsp3) is 0.375. The molecule has 1 aromatic heterocycles. The van der Waals surface area contributed by atoms with Gasteiger partial charge in [0.15, 0.2) is 5.82 Å². The number of hydrogen-bond donors (Lipinski definition) is 1. The van der Waals surface area contributed by atoms with E-state index in [4.69, 9.17) is 0 Å². The summed E-state index contributed by atoms with van der Waals surface area (Å²) < 4.78 is 0. The molecule has 1 aromatic rings. The first-order valence-electron chi connectivity index (χ1n) is 3.72. The van der Waals surface area contributed by atoms with Crippen LogP contribution in [0.3, 0.4) is 0 Å². The summed E-state index contributed by atoms with van der Waals surface area (Å²) in [6.07, 6.45) is 1.71. The molecule has 0 spiro atoms. The fourth-order valence-electron chi connectivity index (χ4n) is 0.766. The summed E-state index contributed by atoms with van der Waals surface area (Å²) in [6, 6.07) is 1.92. The lowest BCUT2D eigenvalue weighted by atomic mass is 10.3. The van der Waals surface area contributed by atoms with Gasteiger partial charge in [0, 0.05) is 7.05 Å². The lowest BCUT2D eigenvalue weighted by molar-refractivity contribution is 1.02. The van der Waals surface area contributed by atoms with Gasteiger partial charge >= 0.3 is 0 Å². The molecular weight excluding hydrogens is 152 g/mol. The summed E-state index contributed by atoms with van der Waals surface area (Å²) >= 11 is 0. The van der Waals surface area contributed by atoms with Crippen molar-refractivity contribution >= 4 is 11.7 Å². The summed E-state index contributed by atoms with van der Waals surface area (Å²) in [7, 11) is 1.73. The number of nitrogens with zero attached hydrogens (tertiary/aromatic N) is 3. The van der Waals surface area contributed by atoms with Crippen molar-refractivity contribution in [3.63, 3.8) is 0 Å². The minimum Gasteiger partial charge on any atom is -0.328 e. The Hall–Kier alpha value is -1.45. The number of nitrogens with one attached hydrogen (secondary N) is 1. The fourth-order valence-corrected chi connectivity index (χ4v) is 0.766. The van der Waals surface area contributed by atoms with Crippen molar-refractivity contribution in [2.45, 2.75) is 13.8 Å². The lowest BCUT2D eigenvalue weighted by Crippen LogP contribution is -2.08. The number of aliphatic imine (C=N–C) groups is 1. The van der Waals surface area contributed by atoms with E-state index in [1.165, 1.54) is 0 Å². The van der Waals surface area contributed by atoms with Crippen LogP contribution in [0, 0.1) is 6.92 Å². The Labute approximate surface area is 71.7 Å². The van der Waals surface area contributed by atoms with Crippen molar-refractivity contribution in [3.05, 3.63) is 17.8 Å². The summed E-state index contributed by atoms with van der Waals surface area (Å²) in [4.78, 5) is 3.95. The smallest absolute Gasteiger partial charge is 0.154 e. The number of hydrogen-bond acceptors (Lipinski definition) is 3. The van der Waals surface area contributed by atoms with Crippen LogP contribution in [0.15, 0.2) is 17.3 Å². The minimum atomic E-state index is 0.734. The normalized spacial score (nSPS) is 11.4. The molecule has 0 aliphatic rings. The van der Waals surface area contributed by atoms with E-state index in [0.29, 0.717) is 0 Å². The second kappa shape index (κ2) is 3.80. The monoisotopic (exact) mass is 164 g/mol. The number of rotatable bonds is 1. The van der Waals surface area contributed by atoms with Crippen LogP contribution in [-0.4, -0.2) is 23.1 Å². The van der Waals surface area contributed by atoms with Gasteiger partial charge in [-0.15, -0.1) is 5.10 Å². The molecular formula is C8H12N4. The Balaban J connectivity index is 2.76. The van der Waals surface area contributed by atoms with Crippen LogP contribution in [0.1, 0.15) is 12.5 Å². The molecule has 0 aliphatic carbocycles. The topological polar surface area (TPSA) is 50.2 Å². The van der Waals surface area contributed by atoms with E-state index < -0.39 is 0 Å². The second-order valence-electron chi connectivity index (χ2n) is 2.55. The van der Waals surface area contributed by atoms with E-state index in [1.807, 2.05) is 19.9 Å². The van der Waals surface area contributed by atoms with E-state index in [1.54, 1.807) is 13.2 Å². The van der Waals surface area contributed by atoms with Crippen molar-refractivity contribution < 1.29 is 0 Å². The molecule has 1 N–H and O–H groups in total. The second-order valence-corrected chi connectivity index (χ2v) is 2.55. The van der Waals surface area contributed by atoms with Crippen molar-refractivity contribution in [2.24, 2.45) is 4.99 Å². The van der Waals surface area contributed by atoms with Gasteiger partial charge in [-0.25, -0.2) is 0 Å². The van der Waals surface area contributed by atoms with Gasteiger partial charge in [0.2, 0.25) is 0 Å². The zero-order chi connectivity index (χ0) is 8.97. The Bertz CT molecular complexity index is 293. The summed E-state index contributed by atoms with van der Waals surface area (Å²) in [5.41, 5.74) is 1.08.